The van der Waals surface area contributed by atoms with Gasteiger partial charge >= 0.3 is 0 Å². The first-order valence-electron chi connectivity index (χ1n) is 10.3. The molecule has 0 radical (unpaired) electrons. The summed E-state index contributed by atoms with van der Waals surface area (Å²) in [5, 5.41) is 3.15. The minimum Gasteiger partial charge on any atom is -0.348 e. The lowest BCUT2D eigenvalue weighted by molar-refractivity contribution is 0.0904. The molecule has 29 heavy (non-hydrogen) atoms. The third-order valence-electron chi connectivity index (χ3n) is 6.19. The maximum atomic E-state index is 13.5. The number of aromatic nitrogens is 4. The van der Waals surface area contributed by atoms with E-state index in [9.17, 15) is 9.18 Å². The van der Waals surface area contributed by atoms with Gasteiger partial charge in [0.05, 0.1) is 5.52 Å². The first-order chi connectivity index (χ1) is 14.2. The lowest BCUT2D eigenvalue weighted by Gasteiger charge is -2.34. The van der Waals surface area contributed by atoms with E-state index in [1.54, 1.807) is 18.7 Å². The number of amides is 1. The van der Waals surface area contributed by atoms with Gasteiger partial charge in [-0.1, -0.05) is 0 Å². The van der Waals surface area contributed by atoms with Gasteiger partial charge in [0.25, 0.3) is 5.91 Å². The van der Waals surface area contributed by atoms with Crippen LogP contribution >= 0.6 is 0 Å². The maximum Gasteiger partial charge on any atom is 0.271 e. The number of imidazole rings is 1. The molecule has 1 atom stereocenters. The molecule has 1 amide bonds. The van der Waals surface area contributed by atoms with E-state index >= 15 is 0 Å². The van der Waals surface area contributed by atoms with Crippen LogP contribution in [0.25, 0.3) is 11.3 Å². The predicted octanol–water partition coefficient (Wildman–Crippen LogP) is 2.60. The number of hydrogen-bond donors (Lipinski definition) is 1. The first-order valence-corrected chi connectivity index (χ1v) is 10.3. The normalized spacial score (nSPS) is 25.5. The highest BCUT2D eigenvalue weighted by Crippen LogP contribution is 2.27. The molecule has 7 nitrogen and oxygen atoms in total. The predicted molar refractivity (Wildman–Crippen MR) is 107 cm³/mol. The zero-order chi connectivity index (χ0) is 19.8. The minimum absolute atomic E-state index is 0.140. The Hall–Kier alpha value is -2.74. The average molecular weight is 396 g/mol. The molecule has 0 unspecified atom stereocenters. The topological polar surface area (TPSA) is 67.5 Å². The van der Waals surface area contributed by atoms with Gasteiger partial charge in [0.2, 0.25) is 0 Å². The Morgan fingerprint density at radius 1 is 1.17 bits per heavy atom. The van der Waals surface area contributed by atoms with E-state index in [1.165, 1.54) is 0 Å². The van der Waals surface area contributed by atoms with Crippen molar-refractivity contribution < 1.29 is 9.18 Å². The lowest BCUT2D eigenvalue weighted by atomic mass is 9.90. The van der Waals surface area contributed by atoms with E-state index in [0.29, 0.717) is 30.5 Å². The van der Waals surface area contributed by atoms with Crippen molar-refractivity contribution in [1.82, 2.24) is 29.2 Å². The summed E-state index contributed by atoms with van der Waals surface area (Å²) >= 11 is 0. The van der Waals surface area contributed by atoms with Gasteiger partial charge in [-0.2, -0.15) is 0 Å². The SMILES string of the molecule is O=C(NC1CCC(N2CC[C@@H](F)C2)CC1)c1cn2cccc2c(-n2ccnc2)n1. The third-order valence-corrected chi connectivity index (χ3v) is 6.19. The molecule has 0 bridgehead atoms. The number of fused-ring (bicyclic) bond motifs is 1. The third kappa shape index (κ3) is 3.64. The molecule has 8 heteroatoms. The van der Waals surface area contributed by atoms with Crippen LogP contribution in [-0.2, 0) is 0 Å². The smallest absolute Gasteiger partial charge is 0.271 e. The van der Waals surface area contributed by atoms with E-state index < -0.39 is 6.17 Å². The number of hydrogen-bond acceptors (Lipinski definition) is 4. The van der Waals surface area contributed by atoms with Gasteiger partial charge in [-0.05, 0) is 44.2 Å². The van der Waals surface area contributed by atoms with Crippen LogP contribution in [0.4, 0.5) is 4.39 Å². The number of rotatable bonds is 4. The Bertz CT molecular complexity index is 992. The van der Waals surface area contributed by atoms with E-state index in [-0.39, 0.29) is 11.9 Å². The summed E-state index contributed by atoms with van der Waals surface area (Å²) in [6.07, 6.45) is 12.7. The van der Waals surface area contributed by atoms with Crippen LogP contribution in [0, 0.1) is 0 Å². The first kappa shape index (κ1) is 18.3. The molecule has 3 aromatic heterocycles. The summed E-state index contributed by atoms with van der Waals surface area (Å²) in [7, 11) is 0. The van der Waals surface area contributed by atoms with Crippen molar-refractivity contribution >= 4 is 11.4 Å². The van der Waals surface area contributed by atoms with Crippen LogP contribution in [0.3, 0.4) is 0 Å². The highest BCUT2D eigenvalue weighted by Gasteiger charge is 2.31. The van der Waals surface area contributed by atoms with Crippen molar-refractivity contribution in [3.63, 3.8) is 0 Å². The lowest BCUT2D eigenvalue weighted by Crippen LogP contribution is -2.43. The summed E-state index contributed by atoms with van der Waals surface area (Å²) in [6, 6.07) is 4.49. The second-order valence-electron chi connectivity index (χ2n) is 8.08. The summed E-state index contributed by atoms with van der Waals surface area (Å²) < 4.78 is 17.2. The molecule has 0 aromatic carbocycles. The number of halogens is 1. The van der Waals surface area contributed by atoms with Gasteiger partial charge in [0.15, 0.2) is 5.82 Å². The van der Waals surface area contributed by atoms with Crippen LogP contribution in [-0.4, -0.2) is 61.1 Å². The fourth-order valence-corrected chi connectivity index (χ4v) is 4.63. The van der Waals surface area contributed by atoms with Crippen molar-refractivity contribution in [3.8, 4) is 5.82 Å². The van der Waals surface area contributed by atoms with Crippen LogP contribution in [0.2, 0.25) is 0 Å². The molecule has 152 valence electrons. The Kier molecular flexibility index (Phi) is 4.79. The number of carbonyl (C=O) groups is 1. The van der Waals surface area contributed by atoms with Gasteiger partial charge in [-0.25, -0.2) is 14.4 Å². The van der Waals surface area contributed by atoms with Gasteiger partial charge < -0.3 is 9.72 Å². The molecule has 4 heterocycles. The zero-order valence-electron chi connectivity index (χ0n) is 16.2. The fraction of sp³-hybridized carbons (Fsp3) is 0.476. The second kappa shape index (κ2) is 7.59. The Morgan fingerprint density at radius 3 is 2.76 bits per heavy atom. The van der Waals surface area contributed by atoms with Gasteiger partial charge in [-0.15, -0.1) is 0 Å². The summed E-state index contributed by atoms with van der Waals surface area (Å²) in [4.78, 5) is 23.9. The average Bonchev–Trinajstić information content (AvgIpc) is 3.49. The molecular formula is C21H25FN6O. The highest BCUT2D eigenvalue weighted by molar-refractivity contribution is 5.93. The molecule has 1 aliphatic heterocycles. The molecule has 0 spiro atoms. The zero-order valence-corrected chi connectivity index (χ0v) is 16.2. The summed E-state index contributed by atoms with van der Waals surface area (Å²) in [6.45, 7) is 1.43. The molecule has 2 aliphatic rings. The molecule has 5 rings (SSSR count). The number of nitrogens with zero attached hydrogens (tertiary/aromatic N) is 5. The molecule has 1 saturated carbocycles. The maximum absolute atomic E-state index is 13.5. The van der Waals surface area contributed by atoms with Crippen molar-refractivity contribution in [2.45, 2.75) is 50.4 Å². The molecule has 2 fully saturated rings. The number of likely N-dealkylation sites (tertiary alicyclic amines) is 1. The van der Waals surface area contributed by atoms with Crippen molar-refractivity contribution in [3.05, 3.63) is 48.9 Å². The van der Waals surface area contributed by atoms with E-state index in [0.717, 1.165) is 37.7 Å². The van der Waals surface area contributed by atoms with Gasteiger partial charge in [-0.3, -0.25) is 14.3 Å². The molecule has 1 saturated heterocycles. The van der Waals surface area contributed by atoms with Gasteiger partial charge in [0, 0.05) is 50.0 Å². The Morgan fingerprint density at radius 2 is 2.03 bits per heavy atom. The van der Waals surface area contributed by atoms with Crippen molar-refractivity contribution in [2.75, 3.05) is 13.1 Å². The molecule has 3 aromatic rings. The molecule has 1 N–H and O–H groups in total. The fourth-order valence-electron chi connectivity index (χ4n) is 4.63. The van der Waals surface area contributed by atoms with Gasteiger partial charge in [0.1, 0.15) is 18.2 Å². The quantitative estimate of drug-likeness (QED) is 0.736. The number of nitrogens with one attached hydrogen (secondary N) is 1. The number of alkyl halides is 1. The highest BCUT2D eigenvalue weighted by atomic mass is 19.1. The Labute approximate surface area is 168 Å². The Balaban J connectivity index is 1.27. The van der Waals surface area contributed by atoms with Crippen LogP contribution < -0.4 is 5.32 Å². The second-order valence-corrected chi connectivity index (χ2v) is 8.08. The molecular weight excluding hydrogens is 371 g/mol. The number of carbonyl (C=O) groups excluding carboxylic acids is 1. The summed E-state index contributed by atoms with van der Waals surface area (Å²) in [5.74, 6) is 0.522. The standard InChI is InChI=1S/C21H25FN6O/c22-15-7-10-26(12-15)17-5-3-16(4-6-17)24-21(29)18-13-27-9-1-2-19(27)20(25-18)28-11-8-23-14-28/h1-2,8-9,11,13-17H,3-7,10,12H2,(H,24,29)/t15-,16?,17?/m1/s1. The largest absolute Gasteiger partial charge is 0.348 e. The summed E-state index contributed by atoms with van der Waals surface area (Å²) in [5.41, 5.74) is 1.30. The van der Waals surface area contributed by atoms with Crippen molar-refractivity contribution in [2.24, 2.45) is 0 Å². The monoisotopic (exact) mass is 396 g/mol. The minimum atomic E-state index is -0.674. The van der Waals surface area contributed by atoms with E-state index in [4.69, 9.17) is 0 Å². The van der Waals surface area contributed by atoms with E-state index in [1.807, 2.05) is 33.5 Å². The van der Waals surface area contributed by atoms with E-state index in [2.05, 4.69) is 20.2 Å². The van der Waals surface area contributed by atoms with Crippen LogP contribution in [0.15, 0.2) is 43.2 Å². The van der Waals surface area contributed by atoms with Crippen LogP contribution in [0.1, 0.15) is 42.6 Å². The van der Waals surface area contributed by atoms with Crippen molar-refractivity contribution in [1.29, 1.82) is 0 Å². The molecule has 1 aliphatic carbocycles. The van der Waals surface area contributed by atoms with Crippen LogP contribution in [0.5, 0.6) is 0 Å².